The molecule has 0 fully saturated rings. The van der Waals surface area contributed by atoms with Gasteiger partial charge in [-0.15, -0.1) is 0 Å². The van der Waals surface area contributed by atoms with Gasteiger partial charge in [0, 0.05) is 24.1 Å². The first-order chi connectivity index (χ1) is 8.19. The molecule has 3 nitrogen and oxygen atoms in total. The SMILES string of the molecule is CNc1cc(Sc2ccc(F)cc2F)ncn1. The zero-order valence-corrected chi connectivity index (χ0v) is 9.76. The number of hydrogen-bond acceptors (Lipinski definition) is 4. The number of nitrogens with one attached hydrogen (secondary N) is 1. The van der Waals surface area contributed by atoms with Crippen LogP contribution in [0.1, 0.15) is 0 Å². The normalized spacial score (nSPS) is 10.3. The maximum atomic E-state index is 13.4. The molecular formula is C11H9F2N3S. The van der Waals surface area contributed by atoms with Gasteiger partial charge < -0.3 is 5.32 Å². The maximum absolute atomic E-state index is 13.4. The lowest BCUT2D eigenvalue weighted by molar-refractivity contribution is 0.565. The van der Waals surface area contributed by atoms with E-state index < -0.39 is 11.6 Å². The molecule has 0 aliphatic carbocycles. The van der Waals surface area contributed by atoms with Crippen molar-refractivity contribution in [2.24, 2.45) is 0 Å². The largest absolute Gasteiger partial charge is 0.373 e. The Morgan fingerprint density at radius 1 is 1.18 bits per heavy atom. The molecule has 2 aromatic rings. The van der Waals surface area contributed by atoms with E-state index in [-0.39, 0.29) is 0 Å². The molecule has 0 bridgehead atoms. The van der Waals surface area contributed by atoms with Crippen LogP contribution in [0.5, 0.6) is 0 Å². The van der Waals surface area contributed by atoms with E-state index in [1.807, 2.05) is 0 Å². The van der Waals surface area contributed by atoms with Crippen LogP contribution in [0.25, 0.3) is 0 Å². The smallest absolute Gasteiger partial charge is 0.140 e. The zero-order chi connectivity index (χ0) is 12.3. The highest BCUT2D eigenvalue weighted by Crippen LogP contribution is 2.29. The van der Waals surface area contributed by atoms with E-state index in [4.69, 9.17) is 0 Å². The van der Waals surface area contributed by atoms with E-state index in [9.17, 15) is 8.78 Å². The molecule has 0 saturated heterocycles. The molecule has 0 radical (unpaired) electrons. The van der Waals surface area contributed by atoms with Gasteiger partial charge in [-0.05, 0) is 12.1 Å². The lowest BCUT2D eigenvalue weighted by atomic mass is 10.3. The number of benzene rings is 1. The molecule has 2 rings (SSSR count). The Morgan fingerprint density at radius 2 is 2.00 bits per heavy atom. The topological polar surface area (TPSA) is 37.8 Å². The fourth-order valence-electron chi connectivity index (χ4n) is 1.20. The summed E-state index contributed by atoms with van der Waals surface area (Å²) in [5.74, 6) is -0.546. The van der Waals surface area contributed by atoms with Crippen molar-refractivity contribution in [2.75, 3.05) is 12.4 Å². The number of hydrogen-bond donors (Lipinski definition) is 1. The predicted molar refractivity (Wildman–Crippen MR) is 62.1 cm³/mol. The summed E-state index contributed by atoms with van der Waals surface area (Å²) in [6, 6.07) is 5.14. The molecule has 1 aromatic heterocycles. The molecule has 0 atom stereocenters. The van der Waals surface area contributed by atoms with E-state index in [0.29, 0.717) is 15.7 Å². The van der Waals surface area contributed by atoms with E-state index in [2.05, 4.69) is 15.3 Å². The zero-order valence-electron chi connectivity index (χ0n) is 8.95. The van der Waals surface area contributed by atoms with Crippen LogP contribution >= 0.6 is 11.8 Å². The van der Waals surface area contributed by atoms with Crippen molar-refractivity contribution >= 4 is 17.6 Å². The second-order valence-electron chi connectivity index (χ2n) is 3.17. The Morgan fingerprint density at radius 3 is 2.71 bits per heavy atom. The second-order valence-corrected chi connectivity index (χ2v) is 4.23. The lowest BCUT2D eigenvalue weighted by Gasteiger charge is -2.04. The molecule has 0 aliphatic rings. The first kappa shape index (κ1) is 11.8. The molecule has 0 aliphatic heterocycles. The monoisotopic (exact) mass is 253 g/mol. The van der Waals surface area contributed by atoms with Crippen molar-refractivity contribution in [3.63, 3.8) is 0 Å². The van der Waals surface area contributed by atoms with Crippen molar-refractivity contribution < 1.29 is 8.78 Å². The molecule has 0 unspecified atom stereocenters. The average Bonchev–Trinajstić information content (AvgIpc) is 2.33. The Kier molecular flexibility index (Phi) is 3.53. The third kappa shape index (κ3) is 2.91. The van der Waals surface area contributed by atoms with Crippen LogP contribution in [0.2, 0.25) is 0 Å². The van der Waals surface area contributed by atoms with E-state index in [0.717, 1.165) is 17.8 Å². The van der Waals surface area contributed by atoms with Crippen LogP contribution in [0.3, 0.4) is 0 Å². The number of halogens is 2. The Labute approximate surface area is 101 Å². The maximum Gasteiger partial charge on any atom is 0.140 e. The van der Waals surface area contributed by atoms with Crippen molar-refractivity contribution in [3.05, 3.63) is 42.2 Å². The van der Waals surface area contributed by atoms with Gasteiger partial charge in [0.05, 0.1) is 0 Å². The number of anilines is 1. The van der Waals surface area contributed by atoms with Gasteiger partial charge in [0.1, 0.15) is 28.8 Å². The van der Waals surface area contributed by atoms with Crippen molar-refractivity contribution in [2.45, 2.75) is 9.92 Å². The standard InChI is InChI=1S/C11H9F2N3S/c1-14-10-5-11(16-6-15-10)17-9-3-2-7(12)4-8(9)13/h2-6H,1H3,(H,14,15,16). The quantitative estimate of drug-likeness (QED) is 0.853. The van der Waals surface area contributed by atoms with E-state index in [1.54, 1.807) is 13.1 Å². The third-order valence-electron chi connectivity index (χ3n) is 2.01. The highest BCUT2D eigenvalue weighted by atomic mass is 32.2. The van der Waals surface area contributed by atoms with Gasteiger partial charge in [0.15, 0.2) is 0 Å². The van der Waals surface area contributed by atoms with Gasteiger partial charge in [0.25, 0.3) is 0 Å². The Bertz CT molecular complexity index is 534. The second kappa shape index (κ2) is 5.09. The summed E-state index contributed by atoms with van der Waals surface area (Å²) in [6.07, 6.45) is 1.38. The summed E-state index contributed by atoms with van der Waals surface area (Å²) in [7, 11) is 1.73. The van der Waals surface area contributed by atoms with Gasteiger partial charge in [-0.2, -0.15) is 0 Å². The van der Waals surface area contributed by atoms with E-state index in [1.165, 1.54) is 18.5 Å². The minimum absolute atomic E-state index is 0.326. The summed E-state index contributed by atoms with van der Waals surface area (Å²) < 4.78 is 26.1. The number of aromatic nitrogens is 2. The molecule has 17 heavy (non-hydrogen) atoms. The first-order valence-electron chi connectivity index (χ1n) is 4.82. The molecule has 1 aromatic carbocycles. The fourth-order valence-corrected chi connectivity index (χ4v) is 1.99. The van der Waals surface area contributed by atoms with Crippen LogP contribution in [-0.2, 0) is 0 Å². The average molecular weight is 253 g/mol. The fraction of sp³-hybridized carbons (Fsp3) is 0.0909. The minimum atomic E-state index is -0.598. The van der Waals surface area contributed by atoms with Crippen LogP contribution in [0, 0.1) is 11.6 Å². The molecule has 6 heteroatoms. The summed E-state index contributed by atoms with van der Waals surface area (Å²) in [6.45, 7) is 0. The Balaban J connectivity index is 2.25. The van der Waals surface area contributed by atoms with Gasteiger partial charge in [0.2, 0.25) is 0 Å². The summed E-state index contributed by atoms with van der Waals surface area (Å²) >= 11 is 1.12. The number of nitrogens with zero attached hydrogens (tertiary/aromatic N) is 2. The predicted octanol–water partition coefficient (Wildman–Crippen LogP) is 2.95. The van der Waals surface area contributed by atoms with Crippen molar-refractivity contribution in [1.82, 2.24) is 9.97 Å². The van der Waals surface area contributed by atoms with Crippen LogP contribution in [0.15, 0.2) is 40.5 Å². The highest BCUT2D eigenvalue weighted by Gasteiger charge is 2.07. The summed E-state index contributed by atoms with van der Waals surface area (Å²) in [4.78, 5) is 8.27. The summed E-state index contributed by atoms with van der Waals surface area (Å²) in [5.41, 5.74) is 0. The summed E-state index contributed by atoms with van der Waals surface area (Å²) in [5, 5.41) is 3.45. The van der Waals surface area contributed by atoms with Crippen LogP contribution in [0.4, 0.5) is 14.6 Å². The van der Waals surface area contributed by atoms with E-state index >= 15 is 0 Å². The van der Waals surface area contributed by atoms with Crippen molar-refractivity contribution in [3.8, 4) is 0 Å². The van der Waals surface area contributed by atoms with Gasteiger partial charge in [-0.3, -0.25) is 0 Å². The van der Waals surface area contributed by atoms with Gasteiger partial charge in [-0.25, -0.2) is 18.7 Å². The molecule has 0 amide bonds. The van der Waals surface area contributed by atoms with Crippen LogP contribution < -0.4 is 5.32 Å². The Hall–Kier alpha value is -1.69. The molecular weight excluding hydrogens is 244 g/mol. The van der Waals surface area contributed by atoms with Gasteiger partial charge in [-0.1, -0.05) is 11.8 Å². The molecule has 1 heterocycles. The molecule has 0 spiro atoms. The minimum Gasteiger partial charge on any atom is -0.373 e. The lowest BCUT2D eigenvalue weighted by Crippen LogP contribution is -1.93. The van der Waals surface area contributed by atoms with Gasteiger partial charge >= 0.3 is 0 Å². The molecule has 0 saturated carbocycles. The number of rotatable bonds is 3. The molecule has 1 N–H and O–H groups in total. The third-order valence-corrected chi connectivity index (χ3v) is 2.99. The molecule has 88 valence electrons. The highest BCUT2D eigenvalue weighted by molar-refractivity contribution is 7.99. The van der Waals surface area contributed by atoms with Crippen LogP contribution in [-0.4, -0.2) is 17.0 Å². The first-order valence-corrected chi connectivity index (χ1v) is 5.63. The van der Waals surface area contributed by atoms with Crippen molar-refractivity contribution in [1.29, 1.82) is 0 Å².